The van der Waals surface area contributed by atoms with E-state index in [0.717, 1.165) is 42.8 Å². The SMILES string of the molecule is CC(C)CCN1CCOc2ccc(/C=c3\s/c(=C/C(=O)C(C)(C)N=CN=CN)[nH]c3=O)cc21. The second-order valence-corrected chi connectivity index (χ2v) is 9.87. The van der Waals surface area contributed by atoms with Crippen LogP contribution in [0.25, 0.3) is 12.2 Å². The van der Waals surface area contributed by atoms with E-state index in [0.29, 0.717) is 21.7 Å². The second kappa shape index (κ2) is 10.6. The summed E-state index contributed by atoms with van der Waals surface area (Å²) < 4.78 is 6.81. The molecule has 9 heteroatoms. The summed E-state index contributed by atoms with van der Waals surface area (Å²) in [7, 11) is 0. The molecule has 1 aromatic heterocycles. The van der Waals surface area contributed by atoms with E-state index in [1.165, 1.54) is 23.8 Å². The van der Waals surface area contributed by atoms with Crippen LogP contribution in [0.2, 0.25) is 0 Å². The zero-order chi connectivity index (χ0) is 24.0. The van der Waals surface area contributed by atoms with Crippen LogP contribution in [-0.2, 0) is 4.79 Å². The number of aromatic amines is 1. The van der Waals surface area contributed by atoms with Crippen LogP contribution in [-0.4, -0.2) is 48.7 Å². The number of nitrogens with one attached hydrogen (secondary N) is 1. The molecule has 0 aliphatic carbocycles. The van der Waals surface area contributed by atoms with Gasteiger partial charge in [0.2, 0.25) is 0 Å². The predicted molar refractivity (Wildman–Crippen MR) is 136 cm³/mol. The van der Waals surface area contributed by atoms with Gasteiger partial charge in [-0.2, -0.15) is 0 Å². The van der Waals surface area contributed by atoms with E-state index in [-0.39, 0.29) is 11.3 Å². The zero-order valence-corrected chi connectivity index (χ0v) is 20.3. The highest BCUT2D eigenvalue weighted by Crippen LogP contribution is 2.33. The van der Waals surface area contributed by atoms with E-state index in [2.05, 4.69) is 39.8 Å². The Bertz CT molecular complexity index is 1220. The molecular weight excluding hydrogens is 438 g/mol. The maximum atomic E-state index is 12.6. The third kappa shape index (κ3) is 6.41. The lowest BCUT2D eigenvalue weighted by molar-refractivity contribution is -0.116. The number of carbonyl (C=O) groups is 1. The number of aromatic nitrogens is 1. The van der Waals surface area contributed by atoms with E-state index in [4.69, 9.17) is 10.5 Å². The molecule has 33 heavy (non-hydrogen) atoms. The molecule has 0 bridgehead atoms. The van der Waals surface area contributed by atoms with Gasteiger partial charge < -0.3 is 20.4 Å². The molecule has 2 heterocycles. The topological polar surface area (TPSA) is 113 Å². The number of fused-ring (bicyclic) bond motifs is 1. The molecule has 0 unspecified atom stereocenters. The van der Waals surface area contributed by atoms with Crippen molar-refractivity contribution in [2.45, 2.75) is 39.7 Å². The van der Waals surface area contributed by atoms with Crippen LogP contribution in [0.5, 0.6) is 5.75 Å². The second-order valence-electron chi connectivity index (χ2n) is 8.78. The fourth-order valence-corrected chi connectivity index (χ4v) is 4.16. The van der Waals surface area contributed by atoms with Crippen molar-refractivity contribution in [3.05, 3.63) is 43.3 Å². The van der Waals surface area contributed by atoms with Gasteiger partial charge in [0.05, 0.1) is 27.8 Å². The van der Waals surface area contributed by atoms with Gasteiger partial charge in [0.15, 0.2) is 5.78 Å². The summed E-state index contributed by atoms with van der Waals surface area (Å²) in [5, 5.41) is 0. The zero-order valence-electron chi connectivity index (χ0n) is 19.5. The van der Waals surface area contributed by atoms with Crippen LogP contribution in [0.15, 0.2) is 33.0 Å². The highest BCUT2D eigenvalue weighted by molar-refractivity contribution is 7.07. The first-order valence-electron chi connectivity index (χ1n) is 11.0. The van der Waals surface area contributed by atoms with Crippen LogP contribution in [0.3, 0.4) is 0 Å². The van der Waals surface area contributed by atoms with Gasteiger partial charge in [-0.05, 0) is 50.0 Å². The molecule has 1 aromatic carbocycles. The molecule has 3 rings (SSSR count). The molecular formula is C24H31N5O3S. The number of carbonyl (C=O) groups excluding carboxylic acids is 1. The molecule has 0 atom stereocenters. The van der Waals surface area contributed by atoms with Crippen molar-refractivity contribution < 1.29 is 9.53 Å². The Balaban J connectivity index is 1.90. The Labute approximate surface area is 197 Å². The van der Waals surface area contributed by atoms with Crippen LogP contribution >= 0.6 is 11.3 Å². The maximum Gasteiger partial charge on any atom is 0.266 e. The molecule has 0 saturated heterocycles. The number of benzene rings is 1. The summed E-state index contributed by atoms with van der Waals surface area (Å²) in [6, 6.07) is 5.94. The summed E-state index contributed by atoms with van der Waals surface area (Å²) in [5.74, 6) is 1.24. The van der Waals surface area contributed by atoms with E-state index in [9.17, 15) is 9.59 Å². The van der Waals surface area contributed by atoms with Crippen molar-refractivity contribution in [1.82, 2.24) is 4.98 Å². The molecule has 1 aliphatic heterocycles. The Hall–Kier alpha value is -3.20. The molecule has 3 N–H and O–H groups in total. The average Bonchev–Trinajstić information content (AvgIpc) is 3.10. The van der Waals surface area contributed by atoms with E-state index in [1.807, 2.05) is 18.2 Å². The minimum atomic E-state index is -1.02. The standard InChI is InChI=1S/C24H31N5O3S/c1-16(2)7-8-29-9-10-32-19-6-5-17(11-18(19)29)12-20-23(31)28-22(33-20)13-21(30)24(3,4)27-15-26-14-25/h5-6,11-16H,7-10H2,1-4H3,(H,28,31)(H2,25,26,27)/b20-12-,22-13+. The Kier molecular flexibility index (Phi) is 7.86. The van der Waals surface area contributed by atoms with Gasteiger partial charge in [-0.15, -0.1) is 11.3 Å². The summed E-state index contributed by atoms with van der Waals surface area (Å²) >= 11 is 1.23. The molecule has 0 fully saturated rings. The number of anilines is 1. The quantitative estimate of drug-likeness (QED) is 0.451. The number of aliphatic imine (C=N–C) groups is 2. The van der Waals surface area contributed by atoms with E-state index < -0.39 is 5.54 Å². The minimum Gasteiger partial charge on any atom is -0.490 e. The fourth-order valence-electron chi connectivity index (χ4n) is 3.28. The number of Topliss-reactive ketones (excluding diaryl/α,β-unsaturated/α-hetero) is 1. The van der Waals surface area contributed by atoms with Gasteiger partial charge in [-0.3, -0.25) is 14.6 Å². The lowest BCUT2D eigenvalue weighted by Crippen LogP contribution is -2.34. The van der Waals surface area contributed by atoms with Crippen LogP contribution in [0.1, 0.15) is 39.7 Å². The highest BCUT2D eigenvalue weighted by atomic mass is 32.1. The van der Waals surface area contributed by atoms with Gasteiger partial charge in [0, 0.05) is 12.6 Å². The van der Waals surface area contributed by atoms with Crippen molar-refractivity contribution in [1.29, 1.82) is 0 Å². The number of nitrogens with two attached hydrogens (primary N) is 1. The van der Waals surface area contributed by atoms with Gasteiger partial charge in [0.25, 0.3) is 5.56 Å². The molecule has 2 aromatic rings. The normalized spacial score (nSPS) is 15.6. The van der Waals surface area contributed by atoms with Gasteiger partial charge in [-0.1, -0.05) is 19.9 Å². The summed E-state index contributed by atoms with van der Waals surface area (Å²) in [4.78, 5) is 38.0. The number of ether oxygens (including phenoxy) is 1. The van der Waals surface area contributed by atoms with Crippen molar-refractivity contribution >= 4 is 47.6 Å². The Morgan fingerprint density at radius 1 is 1.39 bits per heavy atom. The van der Waals surface area contributed by atoms with Crippen molar-refractivity contribution in [2.75, 3.05) is 24.6 Å². The average molecular weight is 470 g/mol. The fraction of sp³-hybridized carbons (Fsp3) is 0.417. The van der Waals surface area contributed by atoms with Crippen LogP contribution in [0, 0.1) is 5.92 Å². The lowest BCUT2D eigenvalue weighted by atomic mass is 10.0. The third-order valence-corrected chi connectivity index (χ3v) is 6.26. The summed E-state index contributed by atoms with van der Waals surface area (Å²) in [5.41, 5.74) is 5.88. The number of hydrogen-bond donors (Lipinski definition) is 2. The third-order valence-electron chi connectivity index (χ3n) is 5.30. The first-order valence-corrected chi connectivity index (χ1v) is 11.8. The largest absolute Gasteiger partial charge is 0.490 e. The van der Waals surface area contributed by atoms with Crippen LogP contribution < -0.4 is 30.1 Å². The molecule has 8 nitrogen and oxygen atoms in total. The van der Waals surface area contributed by atoms with Crippen molar-refractivity contribution in [3.8, 4) is 5.75 Å². The first-order chi connectivity index (χ1) is 15.7. The number of thiazole rings is 1. The summed E-state index contributed by atoms with van der Waals surface area (Å²) in [6.45, 7) is 10.3. The van der Waals surface area contributed by atoms with Gasteiger partial charge in [-0.25, -0.2) is 4.99 Å². The molecule has 0 amide bonds. The maximum absolute atomic E-state index is 12.6. The van der Waals surface area contributed by atoms with Crippen molar-refractivity contribution in [2.24, 2.45) is 21.6 Å². The predicted octanol–water partition coefficient (Wildman–Crippen LogP) is 1.65. The molecule has 0 saturated carbocycles. The number of ketones is 1. The highest BCUT2D eigenvalue weighted by Gasteiger charge is 2.24. The minimum absolute atomic E-state index is 0.237. The lowest BCUT2D eigenvalue weighted by Gasteiger charge is -2.32. The molecule has 1 aliphatic rings. The van der Waals surface area contributed by atoms with Crippen LogP contribution in [0.4, 0.5) is 5.69 Å². The number of rotatable bonds is 8. The molecule has 0 radical (unpaired) electrons. The van der Waals surface area contributed by atoms with Gasteiger partial charge in [0.1, 0.15) is 24.2 Å². The number of hydrogen-bond acceptors (Lipinski definition) is 6. The van der Waals surface area contributed by atoms with Gasteiger partial charge >= 0.3 is 0 Å². The first kappa shape index (κ1) is 24.4. The Morgan fingerprint density at radius 3 is 2.91 bits per heavy atom. The smallest absolute Gasteiger partial charge is 0.266 e. The number of nitrogens with zero attached hydrogens (tertiary/aromatic N) is 3. The van der Waals surface area contributed by atoms with E-state index >= 15 is 0 Å². The number of H-pyrrole nitrogens is 1. The van der Waals surface area contributed by atoms with E-state index in [1.54, 1.807) is 13.8 Å². The monoisotopic (exact) mass is 469 g/mol. The molecule has 0 spiro atoms. The summed E-state index contributed by atoms with van der Waals surface area (Å²) in [6.07, 6.45) is 6.68. The Morgan fingerprint density at radius 2 is 2.18 bits per heavy atom. The van der Waals surface area contributed by atoms with Crippen molar-refractivity contribution in [3.63, 3.8) is 0 Å². The molecule has 176 valence electrons.